The van der Waals surface area contributed by atoms with Crippen LogP contribution < -0.4 is 0 Å². The molecule has 386 valence electrons. The second-order valence-electron chi connectivity index (χ2n) is 17.4. The second kappa shape index (κ2) is 55.9. The molecule has 0 aliphatic heterocycles. The maximum Gasteiger partial charge on any atom is 0.306 e. The van der Waals surface area contributed by atoms with E-state index < -0.39 is 6.10 Å². The lowest BCUT2D eigenvalue weighted by Gasteiger charge is -2.18. The molecular weight excluding hydrogens is 853 g/mol. The van der Waals surface area contributed by atoms with Gasteiger partial charge in [0.25, 0.3) is 0 Å². The van der Waals surface area contributed by atoms with Gasteiger partial charge in [-0.3, -0.25) is 14.4 Å². The summed E-state index contributed by atoms with van der Waals surface area (Å²) in [5.41, 5.74) is 0. The normalized spacial score (nSPS) is 13.3. The Morgan fingerprint density at radius 3 is 0.913 bits per heavy atom. The van der Waals surface area contributed by atoms with E-state index in [1.54, 1.807) is 0 Å². The van der Waals surface area contributed by atoms with Gasteiger partial charge in [-0.2, -0.15) is 0 Å². The minimum absolute atomic E-state index is 0.123. The third-order valence-corrected chi connectivity index (χ3v) is 10.8. The number of carbonyl (C=O) groups excluding carboxylic acids is 3. The average molecular weight is 951 g/mol. The zero-order valence-electron chi connectivity index (χ0n) is 44.0. The predicted octanol–water partition coefficient (Wildman–Crippen LogP) is 18.4. The minimum Gasteiger partial charge on any atom is -0.462 e. The van der Waals surface area contributed by atoms with E-state index in [2.05, 4.69) is 167 Å². The van der Waals surface area contributed by atoms with Gasteiger partial charge in [-0.15, -0.1) is 0 Å². The highest BCUT2D eigenvalue weighted by Crippen LogP contribution is 2.11. The summed E-state index contributed by atoms with van der Waals surface area (Å²) in [5.74, 6) is -1.03. The minimum atomic E-state index is -0.829. The van der Waals surface area contributed by atoms with Gasteiger partial charge >= 0.3 is 17.9 Å². The molecule has 0 aliphatic rings. The fourth-order valence-electron chi connectivity index (χ4n) is 6.76. The summed E-state index contributed by atoms with van der Waals surface area (Å²) in [4.78, 5) is 38.1. The van der Waals surface area contributed by atoms with Gasteiger partial charge in [0, 0.05) is 19.3 Å². The third kappa shape index (κ3) is 54.1. The Bertz CT molecular complexity index is 1560. The molecule has 0 radical (unpaired) electrons. The first kappa shape index (κ1) is 64.3. The number of allylic oxidation sites excluding steroid dienone is 24. The number of rotatable bonds is 47. The number of ether oxygens (including phenoxy) is 3. The second-order valence-corrected chi connectivity index (χ2v) is 17.4. The van der Waals surface area contributed by atoms with Crippen molar-refractivity contribution < 1.29 is 28.6 Å². The van der Waals surface area contributed by atoms with Crippen molar-refractivity contribution >= 4 is 17.9 Å². The molecule has 0 heterocycles. The Kier molecular flexibility index (Phi) is 52.1. The van der Waals surface area contributed by atoms with Crippen LogP contribution in [0.2, 0.25) is 0 Å². The van der Waals surface area contributed by atoms with E-state index in [0.717, 1.165) is 135 Å². The smallest absolute Gasteiger partial charge is 0.306 e. The van der Waals surface area contributed by atoms with E-state index in [1.165, 1.54) is 25.7 Å². The highest BCUT2D eigenvalue weighted by Gasteiger charge is 2.19. The highest BCUT2D eigenvalue weighted by molar-refractivity contribution is 5.71. The molecule has 0 bridgehead atoms. The van der Waals surface area contributed by atoms with Crippen LogP contribution in [0.5, 0.6) is 0 Å². The van der Waals surface area contributed by atoms with Crippen molar-refractivity contribution in [1.29, 1.82) is 0 Å². The Hall–Kier alpha value is -4.71. The van der Waals surface area contributed by atoms with Gasteiger partial charge in [0.05, 0.1) is 0 Å². The molecule has 6 nitrogen and oxygen atoms in total. The Balaban J connectivity index is 4.59. The molecule has 69 heavy (non-hydrogen) atoms. The summed E-state index contributed by atoms with van der Waals surface area (Å²) in [6.07, 6.45) is 79.7. The molecular formula is C63H98O6. The van der Waals surface area contributed by atoms with E-state index in [-0.39, 0.29) is 44.0 Å². The third-order valence-electron chi connectivity index (χ3n) is 10.8. The molecule has 0 N–H and O–H groups in total. The predicted molar refractivity (Wildman–Crippen MR) is 297 cm³/mol. The molecule has 0 aromatic heterocycles. The molecule has 0 aromatic carbocycles. The molecule has 0 saturated carbocycles. The van der Waals surface area contributed by atoms with Gasteiger partial charge in [-0.25, -0.2) is 0 Å². The van der Waals surface area contributed by atoms with E-state index in [9.17, 15) is 14.4 Å². The van der Waals surface area contributed by atoms with Gasteiger partial charge in [0.15, 0.2) is 6.10 Å². The van der Waals surface area contributed by atoms with Crippen molar-refractivity contribution in [3.63, 3.8) is 0 Å². The molecule has 0 rings (SSSR count). The van der Waals surface area contributed by atoms with Crippen LogP contribution in [-0.4, -0.2) is 37.2 Å². The van der Waals surface area contributed by atoms with Gasteiger partial charge in [0.2, 0.25) is 0 Å². The van der Waals surface area contributed by atoms with Crippen molar-refractivity contribution in [3.05, 3.63) is 146 Å². The van der Waals surface area contributed by atoms with Crippen LogP contribution in [-0.2, 0) is 28.6 Å². The molecule has 6 heteroatoms. The number of unbranched alkanes of at least 4 members (excludes halogenated alkanes) is 12. The number of hydrogen-bond donors (Lipinski definition) is 0. The summed E-state index contributed by atoms with van der Waals surface area (Å²) in [6.45, 7) is 6.28. The first-order valence-electron chi connectivity index (χ1n) is 27.3. The van der Waals surface area contributed by atoms with E-state index in [0.29, 0.717) is 19.3 Å². The van der Waals surface area contributed by atoms with Crippen LogP contribution in [0.1, 0.15) is 213 Å². The molecule has 0 aliphatic carbocycles. The lowest BCUT2D eigenvalue weighted by molar-refractivity contribution is -0.167. The molecule has 1 atom stereocenters. The largest absolute Gasteiger partial charge is 0.462 e. The van der Waals surface area contributed by atoms with Crippen molar-refractivity contribution in [2.45, 2.75) is 219 Å². The zero-order valence-corrected chi connectivity index (χ0v) is 44.0. The first-order chi connectivity index (χ1) is 34.0. The molecule has 0 spiro atoms. The summed E-state index contributed by atoms with van der Waals surface area (Å²) < 4.78 is 16.8. The van der Waals surface area contributed by atoms with Crippen LogP contribution >= 0.6 is 0 Å². The number of hydrogen-bond acceptors (Lipinski definition) is 6. The van der Waals surface area contributed by atoms with Crippen molar-refractivity contribution in [1.82, 2.24) is 0 Å². The van der Waals surface area contributed by atoms with Gasteiger partial charge < -0.3 is 14.2 Å². The Labute approximate surface area is 423 Å². The summed E-state index contributed by atoms with van der Waals surface area (Å²) >= 11 is 0. The highest BCUT2D eigenvalue weighted by atomic mass is 16.6. The zero-order chi connectivity index (χ0) is 50.0. The lowest BCUT2D eigenvalue weighted by atomic mass is 10.1. The number of esters is 3. The van der Waals surface area contributed by atoms with Crippen molar-refractivity contribution in [2.24, 2.45) is 0 Å². The lowest BCUT2D eigenvalue weighted by Crippen LogP contribution is -2.30. The molecule has 0 unspecified atom stereocenters. The standard InChI is InChI=1S/C63H98O6/c1-4-7-10-13-16-19-22-25-28-30-31-33-36-39-42-45-48-51-54-57-63(66)69-60(58-67-61(64)55-52-49-46-43-40-37-34-27-24-21-18-15-12-9-6-3)59-68-62(65)56-53-50-47-44-41-38-35-32-29-26-23-20-17-14-11-8-5-2/h8-9,11-12,16-21,25-29,31,33-35,38-40,42-43,60H,4-7,10,13-15,22-24,30,32,36-37,41,44-59H2,1-3H3/b11-8-,12-9-,19-16-,20-17-,21-18-,28-25-,29-26-,33-31-,34-27-,38-35-,42-39-,43-40-/t60-/m0/s1. The average Bonchev–Trinajstić information content (AvgIpc) is 3.35. The van der Waals surface area contributed by atoms with E-state index in [1.807, 2.05) is 0 Å². The number of carbonyl (C=O) groups is 3. The fraction of sp³-hybridized carbons (Fsp3) is 0.571. The molecule has 0 saturated heterocycles. The van der Waals surface area contributed by atoms with Gasteiger partial charge in [-0.1, -0.05) is 199 Å². The SMILES string of the molecule is CC/C=C\C/C=C\C/C=C\C/C=C\CCCCCCC(=O)OC[C@H](COC(=O)CCCC/C=C\C/C=C\C/C=C\C/C=C\CC)OC(=O)CCCCC/C=C\C/C=C\C/C=C\C/C=C\CCCCC. The van der Waals surface area contributed by atoms with Gasteiger partial charge in [-0.05, 0) is 141 Å². The fourth-order valence-corrected chi connectivity index (χ4v) is 6.76. The molecule has 0 aromatic rings. The van der Waals surface area contributed by atoms with Crippen LogP contribution in [0.4, 0.5) is 0 Å². The topological polar surface area (TPSA) is 78.9 Å². The monoisotopic (exact) mass is 951 g/mol. The molecule has 0 amide bonds. The van der Waals surface area contributed by atoms with Crippen molar-refractivity contribution in [3.8, 4) is 0 Å². The van der Waals surface area contributed by atoms with Crippen molar-refractivity contribution in [2.75, 3.05) is 13.2 Å². The Morgan fingerprint density at radius 1 is 0.304 bits per heavy atom. The summed E-state index contributed by atoms with van der Waals surface area (Å²) in [5, 5.41) is 0. The maximum absolute atomic E-state index is 12.8. The van der Waals surface area contributed by atoms with Crippen LogP contribution in [0.25, 0.3) is 0 Å². The Morgan fingerprint density at radius 2 is 0.565 bits per heavy atom. The molecule has 0 fully saturated rings. The first-order valence-corrected chi connectivity index (χ1v) is 27.3. The maximum atomic E-state index is 12.8. The summed E-state index contributed by atoms with van der Waals surface area (Å²) in [7, 11) is 0. The van der Waals surface area contributed by atoms with E-state index in [4.69, 9.17) is 14.2 Å². The van der Waals surface area contributed by atoms with Crippen LogP contribution in [0.3, 0.4) is 0 Å². The van der Waals surface area contributed by atoms with E-state index >= 15 is 0 Å². The van der Waals surface area contributed by atoms with Crippen LogP contribution in [0.15, 0.2) is 146 Å². The van der Waals surface area contributed by atoms with Crippen LogP contribution in [0, 0.1) is 0 Å². The van der Waals surface area contributed by atoms with Gasteiger partial charge in [0.1, 0.15) is 13.2 Å². The quantitative estimate of drug-likeness (QED) is 0.0262. The summed E-state index contributed by atoms with van der Waals surface area (Å²) in [6, 6.07) is 0.